The van der Waals surface area contributed by atoms with Crippen LogP contribution in [0.3, 0.4) is 0 Å². The molecule has 0 amide bonds. The van der Waals surface area contributed by atoms with Crippen LogP contribution in [-0.4, -0.2) is 39.6 Å². The lowest BCUT2D eigenvalue weighted by Gasteiger charge is -2.18. The Morgan fingerprint density at radius 3 is 2.46 bits per heavy atom. The number of nitro benzene ring substituents is 1. The molecule has 0 fully saturated rings. The van der Waals surface area contributed by atoms with E-state index in [0.717, 1.165) is 17.1 Å². The molecule has 0 aliphatic rings. The summed E-state index contributed by atoms with van der Waals surface area (Å²) in [7, 11) is 3.66. The van der Waals surface area contributed by atoms with E-state index >= 15 is 0 Å². The molecule has 0 unspecified atom stereocenters. The van der Waals surface area contributed by atoms with Gasteiger partial charge in [0.25, 0.3) is 5.69 Å². The fraction of sp³-hybridized carbons (Fsp3) is 0.200. The minimum Gasteiger partial charge on any atom is -0.258 e. The Bertz CT molecular complexity index is 872. The van der Waals surface area contributed by atoms with Gasteiger partial charge in [0.1, 0.15) is 0 Å². The zero-order valence-electron chi connectivity index (χ0n) is 13.3. The molecule has 0 saturated heterocycles. The van der Waals surface area contributed by atoms with E-state index in [1.807, 2.05) is 6.92 Å². The van der Waals surface area contributed by atoms with Crippen LogP contribution in [0.15, 0.2) is 47.4 Å². The molecule has 0 aromatic heterocycles. The van der Waals surface area contributed by atoms with Gasteiger partial charge in [0, 0.05) is 19.4 Å². The third-order valence-corrected chi connectivity index (χ3v) is 5.50. The zero-order chi connectivity index (χ0) is 17.9. The first-order valence-electron chi connectivity index (χ1n) is 7.22. The van der Waals surface area contributed by atoms with Crippen molar-refractivity contribution in [1.82, 2.24) is 4.22 Å². The molecule has 0 heterocycles. The van der Waals surface area contributed by atoms with Crippen LogP contribution in [0, 0.1) is 10.1 Å². The van der Waals surface area contributed by atoms with Gasteiger partial charge >= 0.3 is 0 Å². The van der Waals surface area contributed by atoms with Crippen LogP contribution >= 0.6 is 0 Å². The van der Waals surface area contributed by atoms with Gasteiger partial charge in [-0.15, -0.1) is 0 Å². The fourth-order valence-corrected chi connectivity index (χ4v) is 3.50. The van der Waals surface area contributed by atoms with Crippen LogP contribution in [0.4, 0.5) is 5.69 Å². The molecule has 0 N–H and O–H groups in total. The second-order valence-electron chi connectivity index (χ2n) is 5.13. The summed E-state index contributed by atoms with van der Waals surface area (Å²) in [6.45, 7) is 1.89. The van der Waals surface area contributed by atoms with Gasteiger partial charge in [-0.25, -0.2) is 8.42 Å². The van der Waals surface area contributed by atoms with Crippen molar-refractivity contribution >= 4 is 30.8 Å². The summed E-state index contributed by atoms with van der Waals surface area (Å²) in [5.74, 6) is 0. The third kappa shape index (κ3) is 3.37. The minimum absolute atomic E-state index is 0.0402. The van der Waals surface area contributed by atoms with Gasteiger partial charge in [0.05, 0.1) is 15.4 Å². The van der Waals surface area contributed by atoms with Crippen LogP contribution in [0.1, 0.15) is 12.5 Å². The molecule has 6 nitrogen and oxygen atoms in total. The van der Waals surface area contributed by atoms with Gasteiger partial charge in [-0.1, -0.05) is 31.2 Å². The van der Waals surface area contributed by atoms with Crippen molar-refractivity contribution in [2.24, 2.45) is 0 Å². The smallest absolute Gasteiger partial charge is 0.258 e. The van der Waals surface area contributed by atoms with Crippen molar-refractivity contribution in [3.8, 4) is 11.1 Å². The molecule has 24 heavy (non-hydrogen) atoms. The largest absolute Gasteiger partial charge is 0.277 e. The number of rotatable bonds is 6. The van der Waals surface area contributed by atoms with Crippen molar-refractivity contribution in [1.29, 1.82) is 0 Å². The standard InChI is InChI=1S/C15H15B2N2O4S/c1-3-11-8-9-12(14(10-11)19(20)21)13-6-4-5-7-15(13)24(22,23)18(2)17-16/h4-10H,3H2,1-2H3. The highest BCUT2D eigenvalue weighted by Gasteiger charge is 2.26. The van der Waals surface area contributed by atoms with E-state index in [9.17, 15) is 18.5 Å². The Kier molecular flexibility index (Phi) is 5.46. The van der Waals surface area contributed by atoms with E-state index in [-0.39, 0.29) is 21.7 Å². The highest BCUT2D eigenvalue weighted by Crippen LogP contribution is 2.35. The highest BCUT2D eigenvalue weighted by molar-refractivity contribution is 7.90. The minimum atomic E-state index is -3.90. The molecule has 0 bridgehead atoms. The summed E-state index contributed by atoms with van der Waals surface area (Å²) in [6.07, 6.45) is 0.645. The summed E-state index contributed by atoms with van der Waals surface area (Å²) in [5, 5.41) is 11.4. The molecule has 0 saturated carbocycles. The van der Waals surface area contributed by atoms with E-state index < -0.39 is 14.9 Å². The maximum atomic E-state index is 12.6. The maximum Gasteiger partial charge on any atom is 0.277 e. The van der Waals surface area contributed by atoms with E-state index in [2.05, 4.69) is 0 Å². The first kappa shape index (κ1) is 18.2. The first-order valence-corrected chi connectivity index (χ1v) is 8.66. The molecule has 0 aliphatic carbocycles. The van der Waals surface area contributed by atoms with E-state index in [1.54, 1.807) is 30.3 Å². The molecule has 121 valence electrons. The van der Waals surface area contributed by atoms with Gasteiger partial charge in [0.15, 0.2) is 7.31 Å². The number of nitrogens with zero attached hydrogens (tertiary/aromatic N) is 2. The molecule has 2 aromatic carbocycles. The molecular weight excluding hydrogens is 326 g/mol. The summed E-state index contributed by atoms with van der Waals surface area (Å²) < 4.78 is 26.1. The summed E-state index contributed by atoms with van der Waals surface area (Å²) >= 11 is 0. The molecule has 0 spiro atoms. The summed E-state index contributed by atoms with van der Waals surface area (Å²) in [5.41, 5.74) is 1.19. The third-order valence-electron chi connectivity index (χ3n) is 3.71. The Balaban J connectivity index is 2.74. The van der Waals surface area contributed by atoms with Crippen molar-refractivity contribution in [3.63, 3.8) is 0 Å². The Labute approximate surface area is 143 Å². The number of sulfonamides is 1. The molecule has 3 radical (unpaired) electrons. The molecule has 2 rings (SSSR count). The number of nitro groups is 1. The van der Waals surface area contributed by atoms with Crippen molar-refractivity contribution in [2.45, 2.75) is 18.2 Å². The van der Waals surface area contributed by atoms with E-state index in [0.29, 0.717) is 6.42 Å². The van der Waals surface area contributed by atoms with Crippen LogP contribution in [0.2, 0.25) is 0 Å². The predicted molar refractivity (Wildman–Crippen MR) is 94.4 cm³/mol. The Morgan fingerprint density at radius 1 is 1.21 bits per heavy atom. The normalized spacial score (nSPS) is 11.5. The van der Waals surface area contributed by atoms with Gasteiger partial charge in [-0.3, -0.25) is 14.3 Å². The van der Waals surface area contributed by atoms with Crippen molar-refractivity contribution in [2.75, 3.05) is 7.05 Å². The van der Waals surface area contributed by atoms with Gasteiger partial charge < -0.3 is 0 Å². The lowest BCUT2D eigenvalue weighted by molar-refractivity contribution is -0.384. The van der Waals surface area contributed by atoms with Gasteiger partial charge in [-0.05, 0) is 31.2 Å². The lowest BCUT2D eigenvalue weighted by Crippen LogP contribution is -2.31. The van der Waals surface area contributed by atoms with Crippen LogP contribution in [0.25, 0.3) is 11.1 Å². The maximum absolute atomic E-state index is 12.6. The van der Waals surface area contributed by atoms with Crippen LogP contribution in [0.5, 0.6) is 0 Å². The van der Waals surface area contributed by atoms with Gasteiger partial charge in [0.2, 0.25) is 10.0 Å². The SMILES string of the molecule is [B][B]N(C)S(=O)(=O)c1ccccc1-c1ccc(CC)cc1[N+](=O)[O-]. The average molecular weight is 341 g/mol. The molecule has 9 heteroatoms. The quantitative estimate of drug-likeness (QED) is 0.458. The fourth-order valence-electron chi connectivity index (χ4n) is 2.33. The number of benzene rings is 2. The topological polar surface area (TPSA) is 80.5 Å². The number of hydrogen-bond acceptors (Lipinski definition) is 4. The van der Waals surface area contributed by atoms with Gasteiger partial charge in [-0.2, -0.15) is 0 Å². The molecule has 0 aliphatic heterocycles. The zero-order valence-corrected chi connectivity index (χ0v) is 14.2. The number of aryl methyl sites for hydroxylation is 1. The average Bonchev–Trinajstić information content (AvgIpc) is 2.60. The van der Waals surface area contributed by atoms with Crippen LogP contribution in [-0.2, 0) is 16.4 Å². The lowest BCUT2D eigenvalue weighted by atomic mass is 9.67. The molecule has 0 atom stereocenters. The van der Waals surface area contributed by atoms with E-state index in [4.69, 9.17) is 7.74 Å². The van der Waals surface area contributed by atoms with Crippen LogP contribution < -0.4 is 0 Å². The second kappa shape index (κ2) is 7.19. The monoisotopic (exact) mass is 341 g/mol. The van der Waals surface area contributed by atoms with Crippen molar-refractivity contribution < 1.29 is 13.3 Å². The second-order valence-corrected chi connectivity index (χ2v) is 7.09. The number of hydrogen-bond donors (Lipinski definition) is 0. The predicted octanol–water partition coefficient (Wildman–Crippen LogP) is 2.15. The summed E-state index contributed by atoms with van der Waals surface area (Å²) in [6, 6.07) is 11.0. The Hall–Kier alpha value is -2.12. The molecular formula is C15H15B2N2O4S. The molecule has 2 aromatic rings. The Morgan fingerprint density at radius 2 is 1.88 bits per heavy atom. The first-order chi connectivity index (χ1) is 11.3. The highest BCUT2D eigenvalue weighted by atomic mass is 32.2. The summed E-state index contributed by atoms with van der Waals surface area (Å²) in [4.78, 5) is 10.9. The van der Waals surface area contributed by atoms with E-state index in [1.165, 1.54) is 19.2 Å². The van der Waals surface area contributed by atoms with Crippen molar-refractivity contribution in [3.05, 3.63) is 58.1 Å².